The van der Waals surface area contributed by atoms with Crippen molar-refractivity contribution in [2.45, 2.75) is 25.4 Å². The van der Waals surface area contributed by atoms with Crippen molar-refractivity contribution in [1.82, 2.24) is 14.5 Å². The van der Waals surface area contributed by atoms with Crippen molar-refractivity contribution >= 4 is 16.9 Å². The predicted molar refractivity (Wildman–Crippen MR) is 130 cm³/mol. The smallest absolute Gasteiger partial charge is 0.308 e. The van der Waals surface area contributed by atoms with Gasteiger partial charge in [-0.15, -0.1) is 0 Å². The quantitative estimate of drug-likeness (QED) is 0.524. The minimum atomic E-state index is -0.779. The van der Waals surface area contributed by atoms with Crippen LogP contribution >= 0.6 is 0 Å². The average Bonchev–Trinajstić information content (AvgIpc) is 3.26. The van der Waals surface area contributed by atoms with E-state index in [0.29, 0.717) is 31.7 Å². The van der Waals surface area contributed by atoms with Gasteiger partial charge in [0.25, 0.3) is 0 Å². The molecule has 178 valence electrons. The molecule has 0 saturated carbocycles. The summed E-state index contributed by atoms with van der Waals surface area (Å²) in [5.41, 5.74) is 2.54. The molecule has 7 heteroatoms. The summed E-state index contributed by atoms with van der Waals surface area (Å²) in [5.74, 6) is 5.82. The summed E-state index contributed by atoms with van der Waals surface area (Å²) >= 11 is 0. The van der Waals surface area contributed by atoms with E-state index in [9.17, 15) is 15.0 Å². The first kappa shape index (κ1) is 23.8. The van der Waals surface area contributed by atoms with Gasteiger partial charge in [-0.2, -0.15) is 0 Å². The van der Waals surface area contributed by atoms with Gasteiger partial charge >= 0.3 is 5.97 Å². The molecule has 0 radical (unpaired) electrons. The Hall–Kier alpha value is -3.34. The maximum atomic E-state index is 12.0. The van der Waals surface area contributed by atoms with Crippen LogP contribution in [0.1, 0.15) is 36.6 Å². The number of aliphatic hydroxyl groups is 1. The highest BCUT2D eigenvalue weighted by atomic mass is 16.5. The number of rotatable bonds is 7. The van der Waals surface area contributed by atoms with Gasteiger partial charge in [-0.1, -0.05) is 5.92 Å². The highest BCUT2D eigenvalue weighted by Gasteiger charge is 2.34. The molecule has 7 nitrogen and oxygen atoms in total. The van der Waals surface area contributed by atoms with Crippen molar-refractivity contribution in [3.8, 4) is 17.6 Å². The van der Waals surface area contributed by atoms with E-state index in [1.165, 1.54) is 0 Å². The maximum Gasteiger partial charge on any atom is 0.308 e. The monoisotopic (exact) mass is 461 g/mol. The van der Waals surface area contributed by atoms with Crippen LogP contribution in [-0.4, -0.2) is 57.4 Å². The zero-order valence-corrected chi connectivity index (χ0v) is 19.6. The number of carboxylic acid groups (broad SMARTS) is 1. The van der Waals surface area contributed by atoms with Gasteiger partial charge in [0.1, 0.15) is 5.75 Å². The number of hydrogen-bond acceptors (Lipinski definition) is 5. The molecule has 3 heterocycles. The molecule has 3 atom stereocenters. The van der Waals surface area contributed by atoms with Gasteiger partial charge in [0, 0.05) is 31.4 Å². The molecular formula is C27H31N3O4. The molecule has 1 fully saturated rings. The SMILES string of the molecule is COc1ccc2nccc([C@@H](O)CC[C@@H]3CCN(CC#Cc4cccn4C)C[C@@H]3C(=O)O)c2c1. The van der Waals surface area contributed by atoms with Gasteiger partial charge in [0.05, 0.1) is 36.9 Å². The number of fused-ring (bicyclic) bond motifs is 1. The summed E-state index contributed by atoms with van der Waals surface area (Å²) in [4.78, 5) is 18.5. The summed E-state index contributed by atoms with van der Waals surface area (Å²) in [6, 6.07) is 11.4. The average molecular weight is 462 g/mol. The predicted octanol–water partition coefficient (Wildman–Crippen LogP) is 3.47. The van der Waals surface area contributed by atoms with Crippen LogP contribution in [0.4, 0.5) is 0 Å². The minimum absolute atomic E-state index is 0.0203. The van der Waals surface area contributed by atoms with Crippen LogP contribution in [0.2, 0.25) is 0 Å². The molecule has 2 N–H and O–H groups in total. The second-order valence-corrected chi connectivity index (χ2v) is 8.91. The van der Waals surface area contributed by atoms with Crippen molar-refractivity contribution in [3.63, 3.8) is 0 Å². The van der Waals surface area contributed by atoms with Crippen LogP contribution in [-0.2, 0) is 11.8 Å². The molecule has 1 saturated heterocycles. The number of aliphatic hydroxyl groups excluding tert-OH is 1. The molecule has 3 aromatic rings. The van der Waals surface area contributed by atoms with E-state index in [-0.39, 0.29) is 5.92 Å². The standard InChI is InChI=1S/C27H31N3O4/c1-29-14-3-5-20(29)6-4-15-30-16-12-19(24(18-30)27(32)33)7-10-26(31)22-11-13-28-25-9-8-21(34-2)17-23(22)25/h3,5,8-9,11,13-14,17,19,24,26,31H,7,10,12,15-16,18H2,1-2H3,(H,32,33)/t19-,24+,26+/m1/s1. The Morgan fingerprint density at radius 2 is 2.18 bits per heavy atom. The van der Waals surface area contributed by atoms with Gasteiger partial charge in [-0.05, 0) is 79.6 Å². The molecule has 1 aliphatic rings. The number of nitrogens with zero attached hydrogens (tertiary/aromatic N) is 3. The normalized spacial score (nSPS) is 19.4. The molecule has 4 rings (SSSR count). The summed E-state index contributed by atoms with van der Waals surface area (Å²) in [7, 11) is 3.56. The molecule has 0 bridgehead atoms. The van der Waals surface area contributed by atoms with E-state index >= 15 is 0 Å². The van der Waals surface area contributed by atoms with E-state index in [4.69, 9.17) is 4.74 Å². The number of hydrogen-bond donors (Lipinski definition) is 2. The highest BCUT2D eigenvalue weighted by Crippen LogP contribution is 2.33. The van der Waals surface area contributed by atoms with E-state index < -0.39 is 18.0 Å². The first-order valence-corrected chi connectivity index (χ1v) is 11.6. The molecule has 1 aromatic carbocycles. The Morgan fingerprint density at radius 1 is 1.32 bits per heavy atom. The molecule has 0 aliphatic carbocycles. The second-order valence-electron chi connectivity index (χ2n) is 8.91. The van der Waals surface area contributed by atoms with Crippen LogP contribution in [0, 0.1) is 23.7 Å². The summed E-state index contributed by atoms with van der Waals surface area (Å²) in [5, 5.41) is 21.7. The van der Waals surface area contributed by atoms with Crippen molar-refractivity contribution in [3.05, 3.63) is 60.0 Å². The molecule has 0 amide bonds. The first-order valence-electron chi connectivity index (χ1n) is 11.6. The molecular weight excluding hydrogens is 430 g/mol. The van der Waals surface area contributed by atoms with Crippen molar-refractivity contribution in [1.29, 1.82) is 0 Å². The lowest BCUT2D eigenvalue weighted by Gasteiger charge is -2.36. The lowest BCUT2D eigenvalue weighted by Crippen LogP contribution is -2.44. The third-order valence-electron chi connectivity index (χ3n) is 6.77. The number of likely N-dealkylation sites (tertiary alicyclic amines) is 1. The number of piperidine rings is 1. The Kier molecular flexibility index (Phi) is 7.51. The van der Waals surface area contributed by atoms with Gasteiger partial charge < -0.3 is 19.5 Å². The number of aliphatic carboxylic acids is 1. The van der Waals surface area contributed by atoms with Crippen LogP contribution in [0.3, 0.4) is 0 Å². The zero-order chi connectivity index (χ0) is 24.1. The van der Waals surface area contributed by atoms with Crippen LogP contribution in [0.15, 0.2) is 48.8 Å². The molecule has 2 aromatic heterocycles. The number of pyridine rings is 1. The third-order valence-corrected chi connectivity index (χ3v) is 6.77. The van der Waals surface area contributed by atoms with Gasteiger partial charge in [0.2, 0.25) is 0 Å². The fourth-order valence-electron chi connectivity index (χ4n) is 4.76. The van der Waals surface area contributed by atoms with Crippen molar-refractivity contribution in [2.75, 3.05) is 26.7 Å². The van der Waals surface area contributed by atoms with E-state index in [2.05, 4.69) is 21.7 Å². The number of aryl methyl sites for hydroxylation is 1. The molecule has 0 spiro atoms. The Balaban J connectivity index is 1.38. The Labute approximate surface area is 200 Å². The summed E-state index contributed by atoms with van der Waals surface area (Å²) in [6.07, 6.45) is 4.88. The molecule has 0 unspecified atom stereocenters. The summed E-state index contributed by atoms with van der Waals surface area (Å²) in [6.45, 7) is 1.84. The van der Waals surface area contributed by atoms with E-state index in [0.717, 1.165) is 35.1 Å². The fourth-order valence-corrected chi connectivity index (χ4v) is 4.76. The van der Waals surface area contributed by atoms with Crippen LogP contribution in [0.25, 0.3) is 10.9 Å². The van der Waals surface area contributed by atoms with Crippen LogP contribution in [0.5, 0.6) is 5.75 Å². The Bertz CT molecular complexity index is 1210. The minimum Gasteiger partial charge on any atom is -0.497 e. The van der Waals surface area contributed by atoms with E-state index in [1.54, 1.807) is 13.3 Å². The second kappa shape index (κ2) is 10.7. The molecule has 34 heavy (non-hydrogen) atoms. The highest BCUT2D eigenvalue weighted by molar-refractivity contribution is 5.83. The number of benzene rings is 1. The molecule has 1 aliphatic heterocycles. The third kappa shape index (κ3) is 5.41. The first-order chi connectivity index (χ1) is 16.5. The fraction of sp³-hybridized carbons (Fsp3) is 0.407. The number of methoxy groups -OCH3 is 1. The summed E-state index contributed by atoms with van der Waals surface area (Å²) < 4.78 is 7.29. The van der Waals surface area contributed by atoms with Gasteiger partial charge in [-0.25, -0.2) is 0 Å². The Morgan fingerprint density at radius 3 is 2.91 bits per heavy atom. The zero-order valence-electron chi connectivity index (χ0n) is 19.6. The largest absolute Gasteiger partial charge is 0.497 e. The topological polar surface area (TPSA) is 87.8 Å². The van der Waals surface area contributed by atoms with Gasteiger partial charge in [-0.3, -0.25) is 14.7 Å². The lowest BCUT2D eigenvalue weighted by molar-refractivity contribution is -0.146. The maximum absolute atomic E-state index is 12.0. The number of carboxylic acids is 1. The van der Waals surface area contributed by atoms with Crippen molar-refractivity contribution < 1.29 is 19.7 Å². The number of ether oxygens (including phenoxy) is 1. The lowest BCUT2D eigenvalue weighted by atomic mass is 9.81. The number of carbonyl (C=O) groups is 1. The van der Waals surface area contributed by atoms with E-state index in [1.807, 2.05) is 54.2 Å². The van der Waals surface area contributed by atoms with Crippen molar-refractivity contribution in [2.24, 2.45) is 18.9 Å². The van der Waals surface area contributed by atoms with Gasteiger partial charge in [0.15, 0.2) is 0 Å². The van der Waals surface area contributed by atoms with Crippen LogP contribution < -0.4 is 4.74 Å². The number of aromatic nitrogens is 2.